The number of halogens is 1. The molecule has 1 amide bonds. The standard InChI is InChI=1S/C28H29ClN4O4S/c1-18-25(27(35)33(32(18)5)22-9-7-6-8-10-22)31-38(36,37)24-17-19(11-16-23(24)29)26(34)30-21-14-12-20(13-15-21)28(2,3)4/h6-17,31H,1-5H3,(H,30,34). The molecule has 10 heteroatoms. The maximum atomic E-state index is 13.4. The number of nitrogens with zero attached hydrogens (tertiary/aromatic N) is 2. The highest BCUT2D eigenvalue weighted by Gasteiger charge is 2.25. The van der Waals surface area contributed by atoms with E-state index in [2.05, 4.69) is 30.8 Å². The van der Waals surface area contributed by atoms with E-state index in [4.69, 9.17) is 11.6 Å². The SMILES string of the molecule is Cc1c(NS(=O)(=O)c2cc(C(=O)Nc3ccc(C(C)(C)C)cc3)ccc2Cl)c(=O)n(-c2ccccc2)n1C. The number of carbonyl (C=O) groups excluding carboxylic acids is 1. The van der Waals surface area contributed by atoms with Crippen molar-refractivity contribution < 1.29 is 13.2 Å². The summed E-state index contributed by atoms with van der Waals surface area (Å²) in [6, 6.07) is 20.3. The topological polar surface area (TPSA) is 102 Å². The smallest absolute Gasteiger partial charge is 0.296 e. The molecule has 4 aromatic rings. The van der Waals surface area contributed by atoms with Crippen molar-refractivity contribution in [3.05, 3.63) is 105 Å². The number of carbonyl (C=O) groups is 1. The van der Waals surface area contributed by atoms with E-state index in [9.17, 15) is 18.0 Å². The third-order valence-corrected chi connectivity index (χ3v) is 8.11. The minimum absolute atomic E-state index is 0.0313. The van der Waals surface area contributed by atoms with Crippen LogP contribution in [0.25, 0.3) is 5.69 Å². The zero-order chi connectivity index (χ0) is 27.8. The molecular weight excluding hydrogens is 524 g/mol. The van der Waals surface area contributed by atoms with Crippen LogP contribution in [0.1, 0.15) is 42.4 Å². The first kappa shape index (κ1) is 27.2. The van der Waals surface area contributed by atoms with Gasteiger partial charge in [0.05, 0.1) is 16.4 Å². The molecule has 1 heterocycles. The van der Waals surface area contributed by atoms with E-state index < -0.39 is 21.5 Å². The molecule has 0 aliphatic rings. The number of hydrogen-bond acceptors (Lipinski definition) is 4. The summed E-state index contributed by atoms with van der Waals surface area (Å²) in [6.07, 6.45) is 0. The predicted molar refractivity (Wildman–Crippen MR) is 151 cm³/mol. The molecular formula is C28H29ClN4O4S. The molecule has 38 heavy (non-hydrogen) atoms. The average molecular weight is 553 g/mol. The molecule has 0 unspecified atom stereocenters. The Morgan fingerprint density at radius 1 is 0.947 bits per heavy atom. The highest BCUT2D eigenvalue weighted by atomic mass is 35.5. The van der Waals surface area contributed by atoms with Crippen LogP contribution in [-0.2, 0) is 22.5 Å². The van der Waals surface area contributed by atoms with Crippen molar-refractivity contribution in [1.82, 2.24) is 9.36 Å². The number of para-hydroxylation sites is 1. The Morgan fingerprint density at radius 2 is 1.58 bits per heavy atom. The highest BCUT2D eigenvalue weighted by molar-refractivity contribution is 7.92. The first-order valence-electron chi connectivity index (χ1n) is 11.9. The fourth-order valence-corrected chi connectivity index (χ4v) is 5.63. The first-order chi connectivity index (χ1) is 17.8. The van der Waals surface area contributed by atoms with E-state index in [1.54, 1.807) is 55.1 Å². The van der Waals surface area contributed by atoms with Crippen molar-refractivity contribution in [2.75, 3.05) is 10.0 Å². The second kappa shape index (κ2) is 10.2. The minimum Gasteiger partial charge on any atom is -0.322 e. The number of sulfonamides is 1. The van der Waals surface area contributed by atoms with E-state index in [1.807, 2.05) is 18.2 Å². The molecule has 0 saturated carbocycles. The summed E-state index contributed by atoms with van der Waals surface area (Å²) in [6.45, 7) is 7.92. The van der Waals surface area contributed by atoms with Crippen LogP contribution >= 0.6 is 11.6 Å². The lowest BCUT2D eigenvalue weighted by molar-refractivity contribution is 0.102. The molecule has 0 radical (unpaired) electrons. The zero-order valence-electron chi connectivity index (χ0n) is 21.7. The van der Waals surface area contributed by atoms with Crippen LogP contribution in [0, 0.1) is 6.92 Å². The molecule has 8 nitrogen and oxygen atoms in total. The lowest BCUT2D eigenvalue weighted by atomic mass is 9.87. The molecule has 1 aromatic heterocycles. The van der Waals surface area contributed by atoms with Gasteiger partial charge in [0.2, 0.25) is 0 Å². The van der Waals surface area contributed by atoms with E-state index in [0.29, 0.717) is 17.1 Å². The maximum Gasteiger partial charge on any atom is 0.296 e. The monoisotopic (exact) mass is 552 g/mol. The minimum atomic E-state index is -4.31. The summed E-state index contributed by atoms with van der Waals surface area (Å²) in [4.78, 5) is 25.8. The fourth-order valence-electron chi connectivity index (χ4n) is 3.98. The molecule has 198 valence electrons. The molecule has 2 N–H and O–H groups in total. The second-order valence-electron chi connectivity index (χ2n) is 9.97. The number of amides is 1. The third kappa shape index (κ3) is 5.39. The molecule has 0 aliphatic carbocycles. The third-order valence-electron chi connectivity index (χ3n) is 6.28. The average Bonchev–Trinajstić information content (AvgIpc) is 3.07. The first-order valence-corrected chi connectivity index (χ1v) is 13.7. The molecule has 0 saturated heterocycles. The molecule has 4 rings (SSSR count). The fraction of sp³-hybridized carbons (Fsp3) is 0.214. The lowest BCUT2D eigenvalue weighted by Crippen LogP contribution is -2.23. The summed E-state index contributed by atoms with van der Waals surface area (Å²) in [5.74, 6) is -0.496. The van der Waals surface area contributed by atoms with Crippen molar-refractivity contribution in [2.45, 2.75) is 38.0 Å². The van der Waals surface area contributed by atoms with Crippen molar-refractivity contribution >= 4 is 38.9 Å². The Hall–Kier alpha value is -3.82. The Kier molecular flexibility index (Phi) is 7.27. The summed E-state index contributed by atoms with van der Waals surface area (Å²) < 4.78 is 32.0. The van der Waals surface area contributed by atoms with Crippen LogP contribution in [-0.4, -0.2) is 23.7 Å². The van der Waals surface area contributed by atoms with Crippen LogP contribution in [0.15, 0.2) is 82.5 Å². The van der Waals surface area contributed by atoms with Crippen LogP contribution < -0.4 is 15.6 Å². The Morgan fingerprint density at radius 3 is 2.18 bits per heavy atom. The number of anilines is 2. The van der Waals surface area contributed by atoms with Crippen LogP contribution in [0.5, 0.6) is 0 Å². The number of benzene rings is 3. The second-order valence-corrected chi connectivity index (χ2v) is 12.0. The van der Waals surface area contributed by atoms with Crippen molar-refractivity contribution in [3.63, 3.8) is 0 Å². The highest BCUT2D eigenvalue weighted by Crippen LogP contribution is 2.27. The van der Waals surface area contributed by atoms with Gasteiger partial charge in [-0.15, -0.1) is 0 Å². The maximum absolute atomic E-state index is 13.4. The van der Waals surface area contributed by atoms with Gasteiger partial charge in [0.15, 0.2) is 0 Å². The summed E-state index contributed by atoms with van der Waals surface area (Å²) in [7, 11) is -2.65. The van der Waals surface area contributed by atoms with Crippen molar-refractivity contribution in [3.8, 4) is 5.69 Å². The van der Waals surface area contributed by atoms with E-state index in [0.717, 1.165) is 5.56 Å². The summed E-state index contributed by atoms with van der Waals surface area (Å²) in [5.41, 5.74) is 2.10. The van der Waals surface area contributed by atoms with Gasteiger partial charge in [-0.2, -0.15) is 0 Å². The molecule has 0 aliphatic heterocycles. The van der Waals surface area contributed by atoms with Crippen molar-refractivity contribution in [1.29, 1.82) is 0 Å². The van der Waals surface area contributed by atoms with Crippen LogP contribution in [0.3, 0.4) is 0 Å². The molecule has 0 spiro atoms. The number of aromatic nitrogens is 2. The molecule has 0 bridgehead atoms. The van der Waals surface area contributed by atoms with Gasteiger partial charge in [-0.05, 0) is 60.4 Å². The zero-order valence-corrected chi connectivity index (χ0v) is 23.3. The van der Waals surface area contributed by atoms with Gasteiger partial charge in [-0.25, -0.2) is 13.1 Å². The quantitative estimate of drug-likeness (QED) is 0.330. The van der Waals surface area contributed by atoms with E-state index in [-0.39, 0.29) is 26.6 Å². The van der Waals surface area contributed by atoms with Gasteiger partial charge in [-0.3, -0.25) is 19.0 Å². The van der Waals surface area contributed by atoms with Gasteiger partial charge >= 0.3 is 0 Å². The Balaban J connectivity index is 1.63. The largest absolute Gasteiger partial charge is 0.322 e. The van der Waals surface area contributed by atoms with Gasteiger partial charge < -0.3 is 5.32 Å². The Bertz CT molecular complexity index is 1670. The Labute approximate surface area is 226 Å². The summed E-state index contributed by atoms with van der Waals surface area (Å²) >= 11 is 6.24. The number of rotatable bonds is 6. The normalized spacial score (nSPS) is 11.8. The van der Waals surface area contributed by atoms with Crippen molar-refractivity contribution in [2.24, 2.45) is 7.05 Å². The lowest BCUT2D eigenvalue weighted by Gasteiger charge is -2.19. The molecule has 0 fully saturated rings. The predicted octanol–water partition coefficient (Wildman–Crippen LogP) is 5.49. The van der Waals surface area contributed by atoms with Gasteiger partial charge in [0.1, 0.15) is 10.6 Å². The van der Waals surface area contributed by atoms with E-state index >= 15 is 0 Å². The number of hydrogen-bond donors (Lipinski definition) is 2. The summed E-state index contributed by atoms with van der Waals surface area (Å²) in [5, 5.41) is 2.70. The van der Waals surface area contributed by atoms with Gasteiger partial charge in [-0.1, -0.05) is 62.7 Å². The van der Waals surface area contributed by atoms with Crippen LogP contribution in [0.2, 0.25) is 5.02 Å². The number of nitrogens with one attached hydrogen (secondary N) is 2. The van der Waals surface area contributed by atoms with Crippen LogP contribution in [0.4, 0.5) is 11.4 Å². The van der Waals surface area contributed by atoms with Gasteiger partial charge in [0.25, 0.3) is 21.5 Å². The van der Waals surface area contributed by atoms with Gasteiger partial charge in [0, 0.05) is 18.3 Å². The molecule has 3 aromatic carbocycles. The van der Waals surface area contributed by atoms with E-state index in [1.165, 1.54) is 22.9 Å². The molecule has 0 atom stereocenters.